The summed E-state index contributed by atoms with van der Waals surface area (Å²) in [5, 5.41) is 26.6. The van der Waals surface area contributed by atoms with Crippen LogP contribution in [-0.2, 0) is 13.9 Å². The molecule has 2 radical (unpaired) electrons. The molecule has 0 aromatic carbocycles. The molecule has 5 N–H and O–H groups in total. The minimum atomic E-state index is -4.74. The van der Waals surface area contributed by atoms with Crippen molar-refractivity contribution in [1.82, 2.24) is 0 Å². The molecule has 0 rings (SSSR count). The van der Waals surface area contributed by atoms with Crippen molar-refractivity contribution in [3.63, 3.8) is 0 Å². The Balaban J connectivity index is -0.000000845. The second-order valence-electron chi connectivity index (χ2n) is 2.47. The Morgan fingerprint density at radius 2 is 1.62 bits per heavy atom. The number of hydrogen-bond donors (Lipinski definition) is 5. The second kappa shape index (κ2) is 10.6. The third kappa shape index (κ3) is 10.8. The van der Waals surface area contributed by atoms with Crippen LogP contribution < -0.4 is 0 Å². The van der Waals surface area contributed by atoms with E-state index in [-0.39, 0.29) is 65.4 Å². The van der Waals surface area contributed by atoms with E-state index in [1.54, 1.807) is 0 Å². The van der Waals surface area contributed by atoms with Gasteiger partial charge >= 0.3 is 7.82 Å². The van der Waals surface area contributed by atoms with Crippen LogP contribution in [0.3, 0.4) is 0 Å². The number of phosphoric ester groups is 1. The molecule has 0 aliphatic rings. The molecule has 0 spiro atoms. The van der Waals surface area contributed by atoms with E-state index < -0.39 is 32.7 Å². The number of phosphoric acid groups is 1. The van der Waals surface area contributed by atoms with Gasteiger partial charge in [-0.3, -0.25) is 4.52 Å². The third-order valence-electron chi connectivity index (χ3n) is 1.30. The third-order valence-corrected chi connectivity index (χ3v) is 1.78. The molecule has 0 aromatic rings. The summed E-state index contributed by atoms with van der Waals surface area (Å²) in [5.74, 6) is 0. The summed E-state index contributed by atoms with van der Waals surface area (Å²) >= 11 is 0. The van der Waals surface area contributed by atoms with Crippen molar-refractivity contribution in [1.29, 1.82) is 0 Å². The molecule has 8 nitrogen and oxygen atoms in total. The molecule has 3 unspecified atom stereocenters. The molecular weight excluding hydrogens is 265 g/mol. The fraction of sp³-hybridized carbons (Fsp3) is 0.800. The summed E-state index contributed by atoms with van der Waals surface area (Å²) in [4.78, 5) is 26.4. The second-order valence-corrected chi connectivity index (χ2v) is 3.71. The number of carbonyl (C=O) groups excluding carboxylic acids is 1. The minimum absolute atomic E-state index is 0. The Morgan fingerprint density at radius 1 is 1.19 bits per heavy atom. The van der Waals surface area contributed by atoms with Gasteiger partial charge in [-0.15, -0.1) is 0 Å². The van der Waals surface area contributed by atoms with Crippen molar-refractivity contribution in [2.75, 3.05) is 6.61 Å². The number of aliphatic hydroxyl groups excluding tert-OH is 3. The van der Waals surface area contributed by atoms with E-state index in [0.717, 1.165) is 0 Å². The average molecular weight is 276 g/mol. The maximum atomic E-state index is 10.1. The minimum Gasteiger partial charge on any atom is -0.388 e. The molecule has 16 heavy (non-hydrogen) atoms. The number of hydrogen-bond acceptors (Lipinski definition) is 6. The van der Waals surface area contributed by atoms with E-state index in [2.05, 4.69) is 4.52 Å². The van der Waals surface area contributed by atoms with Crippen LogP contribution in [0, 0.1) is 0 Å². The van der Waals surface area contributed by atoms with Gasteiger partial charge in [0, 0.05) is 59.1 Å². The van der Waals surface area contributed by atoms with Crippen LogP contribution in [0.15, 0.2) is 0 Å². The summed E-state index contributed by atoms with van der Waals surface area (Å²) in [7, 11) is -4.74. The first kappa shape index (κ1) is 22.8. The van der Waals surface area contributed by atoms with Crippen LogP contribution in [0.2, 0.25) is 0 Å². The molecule has 0 saturated heterocycles. The summed E-state index contributed by atoms with van der Waals surface area (Å²) in [5.41, 5.74) is 0. The molecule has 3 atom stereocenters. The zero-order valence-corrected chi connectivity index (χ0v) is 13.8. The van der Waals surface area contributed by atoms with Crippen LogP contribution in [0.25, 0.3) is 0 Å². The van der Waals surface area contributed by atoms with Crippen molar-refractivity contribution in [2.24, 2.45) is 0 Å². The molecule has 0 aliphatic heterocycles. The van der Waals surface area contributed by atoms with E-state index in [1.807, 2.05) is 0 Å². The van der Waals surface area contributed by atoms with Gasteiger partial charge in [-0.05, 0) is 0 Å². The van der Waals surface area contributed by atoms with E-state index in [0.29, 0.717) is 0 Å². The zero-order chi connectivity index (χ0) is 11.4. The van der Waals surface area contributed by atoms with E-state index in [4.69, 9.17) is 25.1 Å². The van der Waals surface area contributed by atoms with Crippen molar-refractivity contribution in [3.8, 4) is 0 Å². The first-order valence-corrected chi connectivity index (χ1v) is 5.00. The predicted octanol–water partition coefficient (Wildman–Crippen LogP) is -3.38. The van der Waals surface area contributed by atoms with Gasteiger partial charge < -0.3 is 29.9 Å². The van der Waals surface area contributed by atoms with Crippen molar-refractivity contribution < 1.29 is 39.0 Å². The molecule has 0 aromatic heterocycles. The van der Waals surface area contributed by atoms with Crippen LogP contribution in [0.5, 0.6) is 0 Å². The summed E-state index contributed by atoms with van der Waals surface area (Å²) < 4.78 is 14.0. The Kier molecular flexibility index (Phi) is 15.1. The van der Waals surface area contributed by atoms with Gasteiger partial charge in [0.05, 0.1) is 6.61 Å². The van der Waals surface area contributed by atoms with Crippen LogP contribution in [0.1, 0.15) is 0 Å². The Labute approximate surface area is 136 Å². The standard InChI is InChI=1S/C5H11O8P.2Na/c6-1-3(7)5(9)4(8)2-13-14(10,11)12;;/h1,3-5,7-9H,2H2,(H2,10,11,12);;. The van der Waals surface area contributed by atoms with Crippen molar-refractivity contribution >= 4 is 73.2 Å². The molecule has 0 fully saturated rings. The molecule has 0 aliphatic carbocycles. The number of rotatable bonds is 6. The summed E-state index contributed by atoms with van der Waals surface area (Å²) in [6.07, 6.45) is -5.46. The van der Waals surface area contributed by atoms with E-state index in [1.165, 1.54) is 0 Å². The van der Waals surface area contributed by atoms with Gasteiger partial charge in [-0.1, -0.05) is 0 Å². The Bertz CT molecular complexity index is 232. The number of carbonyl (C=O) groups is 1. The fourth-order valence-corrected chi connectivity index (χ4v) is 0.927. The first-order valence-electron chi connectivity index (χ1n) is 3.47. The quantitative estimate of drug-likeness (QED) is 0.192. The first-order chi connectivity index (χ1) is 6.28. The largest absolute Gasteiger partial charge is 0.469 e. The van der Waals surface area contributed by atoms with Crippen LogP contribution in [0.4, 0.5) is 0 Å². The van der Waals surface area contributed by atoms with Gasteiger partial charge in [-0.25, -0.2) is 4.57 Å². The molecule has 0 amide bonds. The van der Waals surface area contributed by atoms with Gasteiger partial charge in [0.25, 0.3) is 0 Å². The fourth-order valence-electron chi connectivity index (χ4n) is 0.580. The topological polar surface area (TPSA) is 145 Å². The molecule has 86 valence electrons. The Morgan fingerprint density at radius 3 is 1.94 bits per heavy atom. The number of aldehydes is 1. The average Bonchev–Trinajstić information content (AvgIpc) is 2.10. The maximum absolute atomic E-state index is 10.1. The zero-order valence-electron chi connectivity index (χ0n) is 8.92. The molecule has 11 heteroatoms. The number of aliphatic hydroxyl groups is 3. The van der Waals surface area contributed by atoms with Gasteiger partial charge in [-0.2, -0.15) is 0 Å². The normalized spacial score (nSPS) is 16.3. The maximum Gasteiger partial charge on any atom is 0.469 e. The molecule has 0 saturated carbocycles. The van der Waals surface area contributed by atoms with Gasteiger partial charge in [0.2, 0.25) is 0 Å². The smallest absolute Gasteiger partial charge is 0.388 e. The summed E-state index contributed by atoms with van der Waals surface area (Å²) in [6, 6.07) is 0. The molecular formula is C5H11Na2O8P. The van der Waals surface area contributed by atoms with E-state index in [9.17, 15) is 9.36 Å². The van der Waals surface area contributed by atoms with Crippen molar-refractivity contribution in [3.05, 3.63) is 0 Å². The monoisotopic (exact) mass is 276 g/mol. The molecule has 0 bridgehead atoms. The van der Waals surface area contributed by atoms with Gasteiger partial charge in [0.1, 0.15) is 18.3 Å². The van der Waals surface area contributed by atoms with Gasteiger partial charge in [0.15, 0.2) is 6.29 Å². The van der Waals surface area contributed by atoms with Crippen molar-refractivity contribution in [2.45, 2.75) is 18.3 Å². The summed E-state index contributed by atoms with van der Waals surface area (Å²) in [6.45, 7) is -0.893. The van der Waals surface area contributed by atoms with Crippen LogP contribution in [-0.4, -0.2) is 115 Å². The predicted molar refractivity (Wildman–Crippen MR) is 53.6 cm³/mol. The SMILES string of the molecule is O=CC(O)C(O)C(O)COP(=O)(O)O.[Na].[Na]. The van der Waals surface area contributed by atoms with Crippen LogP contribution >= 0.6 is 7.82 Å². The molecule has 0 heterocycles. The van der Waals surface area contributed by atoms with E-state index >= 15 is 0 Å². The Hall–Kier alpha value is 1.66.